The first-order valence-corrected chi connectivity index (χ1v) is 12.5. The molecule has 2 N–H and O–H groups in total. The quantitative estimate of drug-likeness (QED) is 0.542. The molecule has 0 bridgehead atoms. The minimum absolute atomic E-state index is 0.0606. The van der Waals surface area contributed by atoms with Gasteiger partial charge in [0.1, 0.15) is 5.75 Å². The van der Waals surface area contributed by atoms with Gasteiger partial charge in [0.05, 0.1) is 12.1 Å². The van der Waals surface area contributed by atoms with Crippen LogP contribution in [0.1, 0.15) is 55.8 Å². The lowest BCUT2D eigenvalue weighted by Gasteiger charge is -2.44. The zero-order chi connectivity index (χ0) is 23.7. The Kier molecular flexibility index (Phi) is 6.32. The summed E-state index contributed by atoms with van der Waals surface area (Å²) in [5, 5.41) is 16.2. The monoisotopic (exact) mass is 458 g/mol. The Morgan fingerprint density at radius 3 is 2.56 bits per heavy atom. The van der Waals surface area contributed by atoms with E-state index in [1.807, 2.05) is 38.1 Å². The van der Waals surface area contributed by atoms with E-state index in [1.165, 1.54) is 11.1 Å². The highest BCUT2D eigenvalue weighted by Gasteiger charge is 2.54. The maximum atomic E-state index is 12.4. The average molecular weight is 459 g/mol. The van der Waals surface area contributed by atoms with Crippen LogP contribution in [0.3, 0.4) is 0 Å². The van der Waals surface area contributed by atoms with E-state index in [0.29, 0.717) is 18.8 Å². The van der Waals surface area contributed by atoms with E-state index >= 15 is 0 Å². The average Bonchev–Trinajstić information content (AvgIpc) is 3.11. The smallest absolute Gasteiger partial charge is 0.220 e. The molecule has 5 heteroatoms. The van der Waals surface area contributed by atoms with Gasteiger partial charge >= 0.3 is 0 Å². The summed E-state index contributed by atoms with van der Waals surface area (Å²) in [7, 11) is 0. The molecule has 0 unspecified atom stereocenters. The van der Waals surface area contributed by atoms with E-state index in [4.69, 9.17) is 4.74 Å². The van der Waals surface area contributed by atoms with Gasteiger partial charge in [0.25, 0.3) is 0 Å². The minimum Gasteiger partial charge on any atom is -0.508 e. The summed E-state index contributed by atoms with van der Waals surface area (Å²) in [6.45, 7) is 7.09. The molecule has 1 fully saturated rings. The highest BCUT2D eigenvalue weighted by Crippen LogP contribution is 2.52. The highest BCUT2D eigenvalue weighted by molar-refractivity contribution is 5.87. The number of hydrogen-bond donors (Lipinski definition) is 2. The molecule has 0 saturated carbocycles. The van der Waals surface area contributed by atoms with Gasteiger partial charge < -0.3 is 15.2 Å². The van der Waals surface area contributed by atoms with E-state index in [0.717, 1.165) is 48.8 Å². The first-order valence-electron chi connectivity index (χ1n) is 12.5. The van der Waals surface area contributed by atoms with Crippen molar-refractivity contribution >= 4 is 16.7 Å². The van der Waals surface area contributed by atoms with Crippen LogP contribution in [0.25, 0.3) is 10.8 Å². The van der Waals surface area contributed by atoms with Crippen molar-refractivity contribution in [3.8, 4) is 5.75 Å². The van der Waals surface area contributed by atoms with Crippen LogP contribution < -0.4 is 5.32 Å². The number of phenols is 1. The number of carbonyl (C=O) groups is 1. The second kappa shape index (κ2) is 9.40. The molecular weight excluding hydrogens is 424 g/mol. The van der Waals surface area contributed by atoms with Gasteiger partial charge in [-0.3, -0.25) is 9.69 Å². The second-order valence-corrected chi connectivity index (χ2v) is 9.58. The number of nitrogens with zero attached hydrogens (tertiary/aromatic N) is 1. The molecule has 2 aliphatic rings. The van der Waals surface area contributed by atoms with Crippen LogP contribution >= 0.6 is 0 Å². The van der Waals surface area contributed by atoms with Crippen molar-refractivity contribution in [2.45, 2.75) is 57.2 Å². The topological polar surface area (TPSA) is 61.8 Å². The van der Waals surface area contributed by atoms with E-state index < -0.39 is 0 Å². The fraction of sp³-hybridized carbons (Fsp3) is 0.414. The minimum atomic E-state index is -0.115. The van der Waals surface area contributed by atoms with Gasteiger partial charge in [-0.15, -0.1) is 0 Å². The van der Waals surface area contributed by atoms with Crippen LogP contribution in [0.4, 0.5) is 0 Å². The van der Waals surface area contributed by atoms with Crippen LogP contribution in [-0.2, 0) is 21.5 Å². The summed E-state index contributed by atoms with van der Waals surface area (Å²) in [6, 6.07) is 20.5. The molecule has 1 saturated heterocycles. The molecule has 178 valence electrons. The number of amides is 1. The molecule has 3 aromatic rings. The van der Waals surface area contributed by atoms with Crippen molar-refractivity contribution in [2.24, 2.45) is 0 Å². The Balaban J connectivity index is 1.42. The van der Waals surface area contributed by atoms with E-state index in [-0.39, 0.29) is 23.5 Å². The Bertz CT molecular complexity index is 1180. The number of phenolic OH excluding ortho intramolecular Hbond substituents is 1. The first kappa shape index (κ1) is 22.9. The molecule has 1 amide bonds. The predicted octanol–water partition coefficient (Wildman–Crippen LogP) is 5.07. The van der Waals surface area contributed by atoms with Crippen molar-refractivity contribution < 1.29 is 14.6 Å². The van der Waals surface area contributed by atoms with Crippen LogP contribution in [0, 0.1) is 0 Å². The standard InChI is InChI=1S/C29H34N2O3/c1-3-26(33)30-27-22-11-7-8-12-24(22)29(28(27)34-4-2)15-17-31(18-16-29)19-23-21-10-6-5-9-20(21)13-14-25(23)32/h5-14,27-28,32H,3-4,15-19H2,1-2H3,(H,30,33)/t27-,28+/m0/s1. The summed E-state index contributed by atoms with van der Waals surface area (Å²) in [6.07, 6.45) is 2.31. The molecule has 3 aromatic carbocycles. The number of ether oxygens (including phenoxy) is 1. The Morgan fingerprint density at radius 1 is 1.06 bits per heavy atom. The lowest BCUT2D eigenvalue weighted by molar-refractivity contribution is -0.123. The number of nitrogens with one attached hydrogen (secondary N) is 1. The van der Waals surface area contributed by atoms with Crippen molar-refractivity contribution in [3.63, 3.8) is 0 Å². The molecule has 1 heterocycles. The van der Waals surface area contributed by atoms with Gasteiger partial charge in [-0.2, -0.15) is 0 Å². The lowest BCUT2D eigenvalue weighted by Crippen LogP contribution is -2.50. The maximum absolute atomic E-state index is 12.4. The lowest BCUT2D eigenvalue weighted by atomic mass is 9.71. The fourth-order valence-electron chi connectivity index (χ4n) is 6.10. The molecule has 0 radical (unpaired) electrons. The van der Waals surface area contributed by atoms with E-state index in [9.17, 15) is 9.90 Å². The Hall–Kier alpha value is -2.89. The molecule has 34 heavy (non-hydrogen) atoms. The van der Waals surface area contributed by atoms with Crippen molar-refractivity contribution in [1.29, 1.82) is 0 Å². The molecule has 1 spiro atoms. The summed E-state index contributed by atoms with van der Waals surface area (Å²) in [5.74, 6) is 0.421. The van der Waals surface area contributed by atoms with Gasteiger partial charge in [0, 0.05) is 30.6 Å². The summed E-state index contributed by atoms with van der Waals surface area (Å²) < 4.78 is 6.39. The molecule has 5 rings (SSSR count). The molecule has 5 nitrogen and oxygen atoms in total. The van der Waals surface area contributed by atoms with Gasteiger partial charge in [0.2, 0.25) is 5.91 Å². The largest absolute Gasteiger partial charge is 0.508 e. The molecule has 1 aliphatic carbocycles. The van der Waals surface area contributed by atoms with Gasteiger partial charge in [0.15, 0.2) is 0 Å². The third kappa shape index (κ3) is 3.87. The number of hydrogen-bond acceptors (Lipinski definition) is 4. The first-order chi connectivity index (χ1) is 16.6. The van der Waals surface area contributed by atoms with Gasteiger partial charge in [-0.25, -0.2) is 0 Å². The third-order valence-corrected chi connectivity index (χ3v) is 7.81. The zero-order valence-corrected chi connectivity index (χ0v) is 20.1. The van der Waals surface area contributed by atoms with Crippen molar-refractivity contribution in [3.05, 3.63) is 77.4 Å². The van der Waals surface area contributed by atoms with Gasteiger partial charge in [-0.05, 0) is 60.8 Å². The normalized spacial score (nSPS) is 21.6. The second-order valence-electron chi connectivity index (χ2n) is 9.58. The van der Waals surface area contributed by atoms with Crippen molar-refractivity contribution in [2.75, 3.05) is 19.7 Å². The van der Waals surface area contributed by atoms with E-state index in [1.54, 1.807) is 0 Å². The third-order valence-electron chi connectivity index (χ3n) is 7.81. The number of carbonyl (C=O) groups excluding carboxylic acids is 1. The summed E-state index contributed by atoms with van der Waals surface area (Å²) >= 11 is 0. The number of benzene rings is 3. The van der Waals surface area contributed by atoms with Crippen LogP contribution in [0.5, 0.6) is 5.75 Å². The number of likely N-dealkylation sites (tertiary alicyclic amines) is 1. The SMILES string of the molecule is CCO[C@@H]1[C@@H](NC(=O)CC)c2ccccc2C12CCN(Cc1c(O)ccc3ccccc13)CC2. The molecular formula is C29H34N2O3. The molecule has 2 atom stereocenters. The molecule has 1 aliphatic heterocycles. The van der Waals surface area contributed by atoms with Crippen molar-refractivity contribution in [1.82, 2.24) is 10.2 Å². The predicted molar refractivity (Wildman–Crippen MR) is 135 cm³/mol. The highest BCUT2D eigenvalue weighted by atomic mass is 16.5. The number of rotatable bonds is 6. The van der Waals surface area contributed by atoms with Crippen LogP contribution in [0.15, 0.2) is 60.7 Å². The maximum Gasteiger partial charge on any atom is 0.220 e. The van der Waals surface area contributed by atoms with Crippen LogP contribution in [0.2, 0.25) is 0 Å². The number of piperidine rings is 1. The Morgan fingerprint density at radius 2 is 1.79 bits per heavy atom. The van der Waals surface area contributed by atoms with Gasteiger partial charge in [-0.1, -0.05) is 61.5 Å². The molecule has 0 aromatic heterocycles. The number of fused-ring (bicyclic) bond motifs is 3. The summed E-state index contributed by atoms with van der Waals surface area (Å²) in [4.78, 5) is 14.8. The fourth-order valence-corrected chi connectivity index (χ4v) is 6.10. The zero-order valence-electron chi connectivity index (χ0n) is 20.1. The Labute approximate surface area is 201 Å². The van der Waals surface area contributed by atoms with Crippen LogP contribution in [-0.4, -0.2) is 41.7 Å². The number of aromatic hydroxyl groups is 1. The summed E-state index contributed by atoms with van der Waals surface area (Å²) in [5.41, 5.74) is 3.40. The van der Waals surface area contributed by atoms with E-state index in [2.05, 4.69) is 46.6 Å².